The second kappa shape index (κ2) is 40.4. The lowest BCUT2D eigenvalue weighted by Crippen LogP contribution is -2.33. The van der Waals surface area contributed by atoms with Gasteiger partial charge in [-0.1, -0.05) is 118 Å². The van der Waals surface area contributed by atoms with Crippen LogP contribution in [-0.4, -0.2) is 78.5 Å². The summed E-state index contributed by atoms with van der Waals surface area (Å²) in [6.07, 6.45) is 26.7. The molecule has 0 aromatic carbocycles. The van der Waals surface area contributed by atoms with E-state index in [0.717, 1.165) is 116 Å². The molecule has 0 aliphatic heterocycles. The molecule has 0 heterocycles. The van der Waals surface area contributed by atoms with Crippen LogP contribution in [0.25, 0.3) is 0 Å². The van der Waals surface area contributed by atoms with Crippen LogP contribution in [0.2, 0.25) is 0 Å². The third kappa shape index (κ3) is 37.7. The Balaban J connectivity index is 0. The lowest BCUT2D eigenvalue weighted by Gasteiger charge is -2.27. The molecular formula is C39H81NO6. The maximum Gasteiger partial charge on any atom is 0.305 e. The Bertz CT molecular complexity index is 575. The van der Waals surface area contributed by atoms with Crippen LogP contribution >= 0.6 is 0 Å². The van der Waals surface area contributed by atoms with Gasteiger partial charge in [-0.15, -0.1) is 0 Å². The summed E-state index contributed by atoms with van der Waals surface area (Å²) >= 11 is 0. The highest BCUT2D eigenvalue weighted by atomic mass is 16.6. The molecule has 278 valence electrons. The normalized spacial score (nSPS) is 12.6. The van der Waals surface area contributed by atoms with Gasteiger partial charge in [0, 0.05) is 32.8 Å². The predicted octanol–water partition coefficient (Wildman–Crippen LogP) is 9.59. The van der Waals surface area contributed by atoms with E-state index < -0.39 is 6.29 Å². The van der Waals surface area contributed by atoms with E-state index in [4.69, 9.17) is 9.47 Å². The summed E-state index contributed by atoms with van der Waals surface area (Å²) in [5.74, 6) is 0.150. The van der Waals surface area contributed by atoms with Crippen LogP contribution in [0, 0.1) is 5.92 Å². The number of carbonyl (C=O) groups excluding carboxylic acids is 1. The van der Waals surface area contributed by atoms with Crippen molar-refractivity contribution in [2.75, 3.05) is 46.1 Å². The van der Waals surface area contributed by atoms with E-state index in [2.05, 4.69) is 32.6 Å². The van der Waals surface area contributed by atoms with Crippen LogP contribution in [0.3, 0.4) is 0 Å². The van der Waals surface area contributed by atoms with Gasteiger partial charge in [0.25, 0.3) is 0 Å². The summed E-state index contributed by atoms with van der Waals surface area (Å²) in [4.78, 5) is 14.4. The maximum absolute atomic E-state index is 12.0. The topological polar surface area (TPSA) is 99.5 Å². The minimum Gasteiger partial charge on any atom is -0.466 e. The fourth-order valence-electron chi connectivity index (χ4n) is 5.53. The second-order valence-corrected chi connectivity index (χ2v) is 13.3. The molecule has 0 fully saturated rings. The molecule has 0 amide bonds. The number of unbranched alkanes of at least 4 members (excludes halogenated alkanes) is 16. The molecule has 0 aromatic rings. The van der Waals surface area contributed by atoms with Crippen molar-refractivity contribution < 1.29 is 29.6 Å². The first-order valence-electron chi connectivity index (χ1n) is 19.9. The number of aliphatic hydroxyl groups is 3. The fraction of sp³-hybridized carbons (Fsp3) is 0.974. The number of hydrogen-bond donors (Lipinski definition) is 3. The van der Waals surface area contributed by atoms with E-state index in [1.807, 2.05) is 0 Å². The van der Waals surface area contributed by atoms with E-state index in [1.54, 1.807) is 0 Å². The van der Waals surface area contributed by atoms with E-state index in [1.165, 1.54) is 57.8 Å². The average Bonchev–Trinajstić information content (AvgIpc) is 3.06. The summed E-state index contributed by atoms with van der Waals surface area (Å²) in [5, 5.41) is 29.0. The van der Waals surface area contributed by atoms with Crippen LogP contribution in [0.5, 0.6) is 0 Å². The predicted molar refractivity (Wildman–Crippen MR) is 195 cm³/mol. The molecule has 0 aliphatic carbocycles. The minimum atomic E-state index is -0.620. The van der Waals surface area contributed by atoms with Gasteiger partial charge in [0.05, 0.1) is 6.61 Å². The summed E-state index contributed by atoms with van der Waals surface area (Å²) in [6, 6.07) is 0. The van der Waals surface area contributed by atoms with E-state index in [0.29, 0.717) is 19.6 Å². The molecule has 2 unspecified atom stereocenters. The molecule has 0 bridgehead atoms. The van der Waals surface area contributed by atoms with Gasteiger partial charge in [0.2, 0.25) is 0 Å². The van der Waals surface area contributed by atoms with Gasteiger partial charge in [0.15, 0.2) is 6.29 Å². The van der Waals surface area contributed by atoms with Crippen molar-refractivity contribution in [1.82, 2.24) is 4.90 Å². The van der Waals surface area contributed by atoms with Crippen LogP contribution in [0.15, 0.2) is 0 Å². The molecule has 2 atom stereocenters. The third-order valence-electron chi connectivity index (χ3n) is 8.60. The molecule has 7 heteroatoms. The Labute approximate surface area is 286 Å². The highest BCUT2D eigenvalue weighted by Crippen LogP contribution is 2.14. The Kier molecular flexibility index (Phi) is 41.7. The molecule has 0 radical (unpaired) electrons. The van der Waals surface area contributed by atoms with Crippen LogP contribution in [0.4, 0.5) is 0 Å². The molecule has 0 aliphatic rings. The van der Waals surface area contributed by atoms with Crippen molar-refractivity contribution in [3.05, 3.63) is 0 Å². The van der Waals surface area contributed by atoms with Gasteiger partial charge >= 0.3 is 5.97 Å². The van der Waals surface area contributed by atoms with Crippen molar-refractivity contribution >= 4 is 5.97 Å². The van der Waals surface area contributed by atoms with Crippen LogP contribution in [-0.2, 0) is 14.3 Å². The summed E-state index contributed by atoms with van der Waals surface area (Å²) in [5.41, 5.74) is 0. The number of aliphatic hydroxyl groups excluding tert-OH is 3. The fourth-order valence-corrected chi connectivity index (χ4v) is 5.53. The third-order valence-corrected chi connectivity index (χ3v) is 8.60. The highest BCUT2D eigenvalue weighted by molar-refractivity contribution is 5.69. The van der Waals surface area contributed by atoms with Crippen molar-refractivity contribution in [3.8, 4) is 0 Å². The van der Waals surface area contributed by atoms with Gasteiger partial charge in [-0.05, 0) is 83.2 Å². The zero-order valence-corrected chi connectivity index (χ0v) is 31.3. The van der Waals surface area contributed by atoms with E-state index in [9.17, 15) is 20.1 Å². The standard InChI is InChI=1S/C33H67NO6.C6H14/c1-3-5-7-8-9-10-14-23-33(38)40-28-20-15-21-31(30-36)29-34(25-17-18-26-35)24-16-11-12-19-27-39-32(37)22-13-6-4-2;1-3-5-6-4-2/h31-32,35-37H,3-30H2,1-2H3;3-6H2,1-2H3. The Morgan fingerprint density at radius 1 is 0.587 bits per heavy atom. The van der Waals surface area contributed by atoms with Gasteiger partial charge in [-0.25, -0.2) is 0 Å². The first-order valence-corrected chi connectivity index (χ1v) is 19.9. The Morgan fingerprint density at radius 2 is 1.09 bits per heavy atom. The smallest absolute Gasteiger partial charge is 0.305 e. The zero-order valence-electron chi connectivity index (χ0n) is 31.3. The molecule has 7 nitrogen and oxygen atoms in total. The molecule has 0 spiro atoms. The molecule has 46 heavy (non-hydrogen) atoms. The lowest BCUT2D eigenvalue weighted by molar-refractivity contribution is -0.143. The largest absolute Gasteiger partial charge is 0.466 e. The van der Waals surface area contributed by atoms with Crippen molar-refractivity contribution in [3.63, 3.8) is 0 Å². The number of esters is 1. The van der Waals surface area contributed by atoms with Gasteiger partial charge in [-0.2, -0.15) is 0 Å². The molecule has 0 saturated heterocycles. The number of nitrogens with zero attached hydrogens (tertiary/aromatic N) is 1. The number of rotatable bonds is 35. The Hall–Kier alpha value is -0.730. The van der Waals surface area contributed by atoms with Gasteiger partial charge in [0.1, 0.15) is 0 Å². The maximum atomic E-state index is 12.0. The highest BCUT2D eigenvalue weighted by Gasteiger charge is 2.14. The van der Waals surface area contributed by atoms with Gasteiger partial charge < -0.3 is 29.7 Å². The quantitative estimate of drug-likeness (QED) is 0.0354. The molecule has 0 rings (SSSR count). The summed E-state index contributed by atoms with van der Waals surface area (Å²) in [6.45, 7) is 13.2. The summed E-state index contributed by atoms with van der Waals surface area (Å²) in [7, 11) is 0. The first-order chi connectivity index (χ1) is 22.5. The van der Waals surface area contributed by atoms with Gasteiger partial charge in [-0.3, -0.25) is 4.79 Å². The number of hydrogen-bond acceptors (Lipinski definition) is 7. The minimum absolute atomic E-state index is 0.0722. The van der Waals surface area contributed by atoms with Crippen LogP contribution in [0.1, 0.15) is 188 Å². The Morgan fingerprint density at radius 3 is 1.72 bits per heavy atom. The first kappa shape index (κ1) is 47.4. The monoisotopic (exact) mass is 660 g/mol. The molecular weight excluding hydrogens is 578 g/mol. The second-order valence-electron chi connectivity index (χ2n) is 13.3. The molecule has 0 saturated carbocycles. The lowest BCUT2D eigenvalue weighted by atomic mass is 10.0. The summed E-state index contributed by atoms with van der Waals surface area (Å²) < 4.78 is 10.9. The van der Waals surface area contributed by atoms with Crippen molar-refractivity contribution in [1.29, 1.82) is 0 Å². The number of ether oxygens (including phenoxy) is 2. The molecule has 3 N–H and O–H groups in total. The van der Waals surface area contributed by atoms with E-state index >= 15 is 0 Å². The van der Waals surface area contributed by atoms with Crippen molar-refractivity contribution in [2.45, 2.75) is 195 Å². The van der Waals surface area contributed by atoms with Crippen molar-refractivity contribution in [2.24, 2.45) is 5.92 Å². The molecule has 0 aromatic heterocycles. The number of carbonyl (C=O) groups is 1. The van der Waals surface area contributed by atoms with Crippen LogP contribution < -0.4 is 0 Å². The van der Waals surface area contributed by atoms with E-state index in [-0.39, 0.29) is 25.1 Å². The zero-order chi connectivity index (χ0) is 34.4. The average molecular weight is 660 g/mol. The SMILES string of the molecule is CCCCCC.CCCCCCCCCC(=O)OCCCCC(CO)CN(CCCCO)CCCCCCOC(O)CCCCC.